The predicted molar refractivity (Wildman–Crippen MR) is 75.5 cm³/mol. The summed E-state index contributed by atoms with van der Waals surface area (Å²) in [7, 11) is 0. The van der Waals surface area contributed by atoms with Gasteiger partial charge in [0.1, 0.15) is 5.60 Å². The summed E-state index contributed by atoms with van der Waals surface area (Å²) in [5, 5.41) is 2.82. The molecule has 0 fully saturated rings. The molecule has 0 radical (unpaired) electrons. The Balaban J connectivity index is 4.23. The molecule has 0 spiro atoms. The number of amides is 1. The zero-order valence-electron chi connectivity index (χ0n) is 13.0. The van der Waals surface area contributed by atoms with Crippen molar-refractivity contribution in [2.45, 2.75) is 60.5 Å². The molecule has 0 aromatic heterocycles. The van der Waals surface area contributed by atoms with Crippen molar-refractivity contribution in [1.82, 2.24) is 5.32 Å². The first-order chi connectivity index (χ1) is 7.87. The van der Waals surface area contributed by atoms with Crippen LogP contribution in [0.15, 0.2) is 0 Å². The largest absolute Gasteiger partial charge is 0.444 e. The first-order valence-corrected chi connectivity index (χ1v) is 6.54. The fourth-order valence-corrected chi connectivity index (χ4v) is 2.06. The molecule has 1 amide bonds. The Morgan fingerprint density at radius 1 is 1.06 bits per heavy atom. The lowest BCUT2D eigenvalue weighted by molar-refractivity contribution is 0.0494. The summed E-state index contributed by atoms with van der Waals surface area (Å²) >= 11 is 0. The van der Waals surface area contributed by atoms with Crippen molar-refractivity contribution >= 4 is 6.09 Å². The Morgan fingerprint density at radius 2 is 1.56 bits per heavy atom. The molecular formula is C14H30N2O2. The van der Waals surface area contributed by atoms with E-state index in [1.54, 1.807) is 0 Å². The van der Waals surface area contributed by atoms with E-state index in [0.717, 1.165) is 6.42 Å². The van der Waals surface area contributed by atoms with E-state index in [4.69, 9.17) is 10.5 Å². The Kier molecular flexibility index (Phi) is 5.66. The van der Waals surface area contributed by atoms with Crippen molar-refractivity contribution in [3.05, 3.63) is 0 Å². The van der Waals surface area contributed by atoms with Gasteiger partial charge in [0.15, 0.2) is 0 Å². The predicted octanol–water partition coefficient (Wildman–Crippen LogP) is 2.91. The highest BCUT2D eigenvalue weighted by Crippen LogP contribution is 2.32. The Bertz CT molecular complexity index is 278. The summed E-state index contributed by atoms with van der Waals surface area (Å²) in [5.41, 5.74) is 5.37. The van der Waals surface area contributed by atoms with Crippen LogP contribution in [0, 0.1) is 10.8 Å². The molecule has 0 saturated carbocycles. The standard InChI is InChI=1S/C14H30N2O2/c1-12(2,3)18-11(17)16-10-14(6,7)8-13(4,5)9-15/h8-10,15H2,1-7H3,(H,16,17). The van der Waals surface area contributed by atoms with E-state index in [-0.39, 0.29) is 16.9 Å². The number of nitrogens with two attached hydrogens (primary N) is 1. The van der Waals surface area contributed by atoms with Crippen molar-refractivity contribution in [2.75, 3.05) is 13.1 Å². The normalized spacial score (nSPS) is 13.3. The van der Waals surface area contributed by atoms with Gasteiger partial charge in [-0.15, -0.1) is 0 Å². The third-order valence-corrected chi connectivity index (χ3v) is 2.62. The number of carbonyl (C=O) groups excluding carboxylic acids is 1. The second-order valence-corrected chi connectivity index (χ2v) is 7.56. The van der Waals surface area contributed by atoms with Crippen LogP contribution in [0.3, 0.4) is 0 Å². The maximum absolute atomic E-state index is 11.6. The number of hydrogen-bond acceptors (Lipinski definition) is 3. The van der Waals surface area contributed by atoms with Gasteiger partial charge in [-0.2, -0.15) is 0 Å². The van der Waals surface area contributed by atoms with E-state index in [9.17, 15) is 4.79 Å². The number of hydrogen-bond donors (Lipinski definition) is 2. The third kappa shape index (κ3) is 8.34. The van der Waals surface area contributed by atoms with E-state index >= 15 is 0 Å². The molecule has 0 atom stereocenters. The Hall–Kier alpha value is -0.770. The zero-order valence-corrected chi connectivity index (χ0v) is 13.0. The van der Waals surface area contributed by atoms with Gasteiger partial charge in [0.05, 0.1) is 0 Å². The number of ether oxygens (including phenoxy) is 1. The SMILES string of the molecule is CC(C)(CN)CC(C)(C)CNC(=O)OC(C)(C)C. The van der Waals surface area contributed by atoms with E-state index in [1.165, 1.54) is 0 Å². The van der Waals surface area contributed by atoms with Crippen molar-refractivity contribution in [3.8, 4) is 0 Å². The minimum absolute atomic E-state index is 0.000224. The fraction of sp³-hybridized carbons (Fsp3) is 0.929. The van der Waals surface area contributed by atoms with Crippen LogP contribution in [0.5, 0.6) is 0 Å². The Morgan fingerprint density at radius 3 is 1.94 bits per heavy atom. The van der Waals surface area contributed by atoms with Gasteiger partial charge in [0, 0.05) is 6.54 Å². The van der Waals surface area contributed by atoms with Gasteiger partial charge in [0.2, 0.25) is 0 Å². The van der Waals surface area contributed by atoms with Crippen LogP contribution in [-0.2, 0) is 4.74 Å². The van der Waals surface area contributed by atoms with E-state index in [0.29, 0.717) is 13.1 Å². The first kappa shape index (κ1) is 17.2. The Labute approximate surface area is 112 Å². The van der Waals surface area contributed by atoms with Crippen LogP contribution in [0.2, 0.25) is 0 Å². The molecule has 0 aliphatic carbocycles. The molecule has 0 aromatic carbocycles. The quantitative estimate of drug-likeness (QED) is 0.797. The smallest absolute Gasteiger partial charge is 0.407 e. The molecule has 0 rings (SSSR count). The van der Waals surface area contributed by atoms with Gasteiger partial charge in [0.25, 0.3) is 0 Å². The van der Waals surface area contributed by atoms with Gasteiger partial charge in [-0.05, 0) is 44.6 Å². The summed E-state index contributed by atoms with van der Waals surface area (Å²) in [6, 6.07) is 0. The second-order valence-electron chi connectivity index (χ2n) is 7.56. The lowest BCUT2D eigenvalue weighted by atomic mass is 9.75. The fourth-order valence-electron chi connectivity index (χ4n) is 2.06. The van der Waals surface area contributed by atoms with E-state index in [2.05, 4.69) is 33.0 Å². The van der Waals surface area contributed by atoms with Gasteiger partial charge >= 0.3 is 6.09 Å². The van der Waals surface area contributed by atoms with E-state index < -0.39 is 5.60 Å². The highest BCUT2D eigenvalue weighted by Gasteiger charge is 2.28. The molecule has 108 valence electrons. The summed E-state index contributed by atoms with van der Waals surface area (Å²) in [5.74, 6) is 0. The van der Waals surface area contributed by atoms with Crippen LogP contribution in [0.25, 0.3) is 0 Å². The molecule has 0 aliphatic rings. The minimum Gasteiger partial charge on any atom is -0.444 e. The van der Waals surface area contributed by atoms with Crippen LogP contribution in [-0.4, -0.2) is 24.8 Å². The molecule has 3 N–H and O–H groups in total. The number of rotatable bonds is 5. The molecule has 0 bridgehead atoms. The second kappa shape index (κ2) is 5.91. The number of alkyl carbamates (subject to hydrolysis) is 1. The van der Waals surface area contributed by atoms with Crippen molar-refractivity contribution in [1.29, 1.82) is 0 Å². The molecule has 4 heteroatoms. The van der Waals surface area contributed by atoms with Crippen molar-refractivity contribution in [2.24, 2.45) is 16.6 Å². The average Bonchev–Trinajstić information content (AvgIpc) is 2.11. The molecule has 0 heterocycles. The highest BCUT2D eigenvalue weighted by atomic mass is 16.6. The maximum atomic E-state index is 11.6. The lowest BCUT2D eigenvalue weighted by Crippen LogP contribution is -2.40. The molecule has 0 unspecified atom stereocenters. The molecule has 18 heavy (non-hydrogen) atoms. The third-order valence-electron chi connectivity index (χ3n) is 2.62. The molecule has 4 nitrogen and oxygen atoms in total. The zero-order chi connectivity index (χ0) is 14.6. The first-order valence-electron chi connectivity index (χ1n) is 6.54. The van der Waals surface area contributed by atoms with Crippen molar-refractivity contribution in [3.63, 3.8) is 0 Å². The van der Waals surface area contributed by atoms with Gasteiger partial charge in [-0.1, -0.05) is 27.7 Å². The van der Waals surface area contributed by atoms with Gasteiger partial charge < -0.3 is 15.8 Å². The summed E-state index contributed by atoms with van der Waals surface area (Å²) in [6.45, 7) is 15.3. The monoisotopic (exact) mass is 258 g/mol. The van der Waals surface area contributed by atoms with Crippen molar-refractivity contribution < 1.29 is 9.53 Å². The number of carbonyl (C=O) groups is 1. The summed E-state index contributed by atoms with van der Waals surface area (Å²) in [4.78, 5) is 11.6. The van der Waals surface area contributed by atoms with Gasteiger partial charge in [-0.25, -0.2) is 4.79 Å². The van der Waals surface area contributed by atoms with Crippen LogP contribution in [0.1, 0.15) is 54.9 Å². The average molecular weight is 258 g/mol. The van der Waals surface area contributed by atoms with Gasteiger partial charge in [-0.3, -0.25) is 0 Å². The molecular weight excluding hydrogens is 228 g/mol. The van der Waals surface area contributed by atoms with E-state index in [1.807, 2.05) is 20.8 Å². The molecule has 0 aliphatic heterocycles. The summed E-state index contributed by atoms with van der Waals surface area (Å²) in [6.07, 6.45) is 0.591. The lowest BCUT2D eigenvalue weighted by Gasteiger charge is -2.34. The van der Waals surface area contributed by atoms with Crippen LogP contribution >= 0.6 is 0 Å². The summed E-state index contributed by atoms with van der Waals surface area (Å²) < 4.78 is 5.21. The number of nitrogens with one attached hydrogen (secondary N) is 1. The highest BCUT2D eigenvalue weighted by molar-refractivity contribution is 5.67. The molecule has 0 saturated heterocycles. The maximum Gasteiger partial charge on any atom is 0.407 e. The minimum atomic E-state index is -0.454. The van der Waals surface area contributed by atoms with Crippen LogP contribution < -0.4 is 11.1 Å². The topological polar surface area (TPSA) is 64.3 Å². The van der Waals surface area contributed by atoms with Crippen LogP contribution in [0.4, 0.5) is 4.79 Å². The molecule has 0 aromatic rings.